The first kappa shape index (κ1) is 24.9. The summed E-state index contributed by atoms with van der Waals surface area (Å²) in [6.45, 7) is 2.24. The van der Waals surface area contributed by atoms with Crippen molar-refractivity contribution in [3.63, 3.8) is 0 Å². The van der Waals surface area contributed by atoms with Gasteiger partial charge in [-0.25, -0.2) is 0 Å². The number of halogens is 2. The highest BCUT2D eigenvalue weighted by Gasteiger charge is 2.36. The quantitative estimate of drug-likeness (QED) is 0.398. The zero-order valence-corrected chi connectivity index (χ0v) is 22.0. The van der Waals surface area contributed by atoms with E-state index in [0.717, 1.165) is 48.3 Å². The molecule has 5 rings (SSSR count). The molecule has 1 aliphatic carbocycles. The van der Waals surface area contributed by atoms with Crippen molar-refractivity contribution in [1.82, 2.24) is 14.6 Å². The van der Waals surface area contributed by atoms with Crippen LogP contribution in [0.1, 0.15) is 58.9 Å². The predicted octanol–water partition coefficient (Wildman–Crippen LogP) is 5.93. The number of amides is 2. The standard InChI is InChI=1S/C26H25Cl2N3O4S/c1-15-6-9-17(10-7-15)23(25(32)29-18-4-2-3-5-18)31(26(33)22-21(27)24(28)36-30-22)13-16-8-11-19-20(12-16)35-14-34-19/h6-12,18,23H,2-5,13-14H2,1H3,(H,29,32). The average Bonchev–Trinajstić information content (AvgIpc) is 3.62. The zero-order chi connectivity index (χ0) is 25.2. The van der Waals surface area contributed by atoms with Crippen LogP contribution in [0.3, 0.4) is 0 Å². The fraction of sp³-hybridized carbons (Fsp3) is 0.346. The van der Waals surface area contributed by atoms with Gasteiger partial charge in [0.2, 0.25) is 12.7 Å². The monoisotopic (exact) mass is 545 g/mol. The van der Waals surface area contributed by atoms with Crippen LogP contribution in [0.5, 0.6) is 11.5 Å². The highest BCUT2D eigenvalue weighted by Crippen LogP contribution is 2.36. The van der Waals surface area contributed by atoms with Crippen LogP contribution in [0, 0.1) is 6.92 Å². The molecule has 0 spiro atoms. The molecule has 1 aliphatic heterocycles. The van der Waals surface area contributed by atoms with Crippen molar-refractivity contribution >= 4 is 46.5 Å². The third-order valence-electron chi connectivity index (χ3n) is 6.51. The molecule has 1 saturated carbocycles. The van der Waals surface area contributed by atoms with Gasteiger partial charge in [0, 0.05) is 12.6 Å². The first-order valence-electron chi connectivity index (χ1n) is 11.8. The molecule has 2 heterocycles. The van der Waals surface area contributed by atoms with Crippen molar-refractivity contribution in [1.29, 1.82) is 0 Å². The first-order chi connectivity index (χ1) is 17.4. The lowest BCUT2D eigenvalue weighted by Crippen LogP contribution is -2.46. The Hall–Kier alpha value is -2.81. The topological polar surface area (TPSA) is 80.8 Å². The van der Waals surface area contributed by atoms with Crippen molar-refractivity contribution in [3.05, 3.63) is 74.2 Å². The van der Waals surface area contributed by atoms with Gasteiger partial charge in [0.05, 0.1) is 0 Å². The Labute approximate surface area is 223 Å². The van der Waals surface area contributed by atoms with Crippen molar-refractivity contribution in [3.8, 4) is 11.5 Å². The highest BCUT2D eigenvalue weighted by molar-refractivity contribution is 7.11. The number of rotatable bonds is 7. The second-order valence-electron chi connectivity index (χ2n) is 9.04. The van der Waals surface area contributed by atoms with E-state index in [1.165, 1.54) is 4.90 Å². The molecule has 1 fully saturated rings. The van der Waals surface area contributed by atoms with Gasteiger partial charge in [-0.15, -0.1) is 0 Å². The Kier molecular flexibility index (Phi) is 7.37. The van der Waals surface area contributed by atoms with Gasteiger partial charge in [0.15, 0.2) is 17.2 Å². The van der Waals surface area contributed by atoms with Crippen LogP contribution in [0.2, 0.25) is 9.36 Å². The van der Waals surface area contributed by atoms with Crippen LogP contribution in [-0.4, -0.2) is 33.9 Å². The van der Waals surface area contributed by atoms with Crippen LogP contribution in [-0.2, 0) is 11.3 Å². The summed E-state index contributed by atoms with van der Waals surface area (Å²) < 4.78 is 15.4. The Morgan fingerprint density at radius 2 is 1.83 bits per heavy atom. The summed E-state index contributed by atoms with van der Waals surface area (Å²) in [5.41, 5.74) is 2.55. The van der Waals surface area contributed by atoms with E-state index < -0.39 is 11.9 Å². The molecule has 1 unspecified atom stereocenters. The number of benzene rings is 2. The minimum atomic E-state index is -0.902. The van der Waals surface area contributed by atoms with Gasteiger partial charge in [0.25, 0.3) is 5.91 Å². The number of hydrogen-bond acceptors (Lipinski definition) is 6. The lowest BCUT2D eigenvalue weighted by molar-refractivity contribution is -0.126. The fourth-order valence-electron chi connectivity index (χ4n) is 4.62. The number of hydrogen-bond donors (Lipinski definition) is 1. The molecule has 1 N–H and O–H groups in total. The number of carbonyl (C=O) groups excluding carboxylic acids is 2. The lowest BCUT2D eigenvalue weighted by Gasteiger charge is -2.32. The zero-order valence-electron chi connectivity index (χ0n) is 19.6. The number of aryl methyl sites for hydroxylation is 1. The van der Waals surface area contributed by atoms with Gasteiger partial charge >= 0.3 is 0 Å². The Morgan fingerprint density at radius 1 is 1.11 bits per heavy atom. The minimum Gasteiger partial charge on any atom is -0.454 e. The van der Waals surface area contributed by atoms with E-state index in [9.17, 15) is 9.59 Å². The van der Waals surface area contributed by atoms with Gasteiger partial charge in [-0.3, -0.25) is 9.59 Å². The van der Waals surface area contributed by atoms with E-state index in [-0.39, 0.29) is 40.3 Å². The van der Waals surface area contributed by atoms with Crippen molar-refractivity contribution in [2.45, 2.75) is 51.2 Å². The molecule has 36 heavy (non-hydrogen) atoms. The number of nitrogens with one attached hydrogen (secondary N) is 1. The summed E-state index contributed by atoms with van der Waals surface area (Å²) in [6.07, 6.45) is 4.01. The van der Waals surface area contributed by atoms with Gasteiger partial charge in [-0.05, 0) is 54.6 Å². The molecule has 3 aromatic rings. The maximum atomic E-state index is 13.9. The van der Waals surface area contributed by atoms with Crippen LogP contribution < -0.4 is 14.8 Å². The van der Waals surface area contributed by atoms with Gasteiger partial charge in [0.1, 0.15) is 15.4 Å². The summed E-state index contributed by atoms with van der Waals surface area (Å²) in [5.74, 6) is 0.516. The number of ether oxygens (including phenoxy) is 2. The van der Waals surface area contributed by atoms with Crippen molar-refractivity contribution < 1.29 is 19.1 Å². The van der Waals surface area contributed by atoms with E-state index >= 15 is 0 Å². The molecule has 0 saturated heterocycles. The van der Waals surface area contributed by atoms with Crippen LogP contribution >= 0.6 is 34.7 Å². The van der Waals surface area contributed by atoms with Gasteiger partial charge < -0.3 is 19.7 Å². The fourth-order valence-corrected chi connectivity index (χ4v) is 5.60. The molecule has 2 amide bonds. The maximum Gasteiger partial charge on any atom is 0.276 e. The van der Waals surface area contributed by atoms with Crippen LogP contribution in [0.4, 0.5) is 0 Å². The van der Waals surface area contributed by atoms with E-state index in [4.69, 9.17) is 32.7 Å². The molecule has 10 heteroatoms. The number of fused-ring (bicyclic) bond motifs is 1. The van der Waals surface area contributed by atoms with Crippen LogP contribution in [0.15, 0.2) is 42.5 Å². The van der Waals surface area contributed by atoms with Crippen molar-refractivity contribution in [2.75, 3.05) is 6.79 Å². The molecule has 2 aromatic carbocycles. The van der Waals surface area contributed by atoms with E-state index in [0.29, 0.717) is 17.1 Å². The summed E-state index contributed by atoms with van der Waals surface area (Å²) in [4.78, 5) is 29.2. The Bertz CT molecular complexity index is 1270. The second-order valence-corrected chi connectivity index (χ2v) is 10.8. The van der Waals surface area contributed by atoms with Crippen molar-refractivity contribution in [2.24, 2.45) is 0 Å². The Balaban J connectivity index is 1.56. The lowest BCUT2D eigenvalue weighted by atomic mass is 10.0. The highest BCUT2D eigenvalue weighted by atomic mass is 35.5. The van der Waals surface area contributed by atoms with E-state index in [2.05, 4.69) is 9.69 Å². The molecule has 1 atom stereocenters. The number of nitrogens with zero attached hydrogens (tertiary/aromatic N) is 2. The summed E-state index contributed by atoms with van der Waals surface area (Å²) in [5, 5.41) is 3.26. The molecular formula is C26H25Cl2N3O4S. The molecule has 188 valence electrons. The summed E-state index contributed by atoms with van der Waals surface area (Å²) >= 11 is 13.4. The van der Waals surface area contributed by atoms with E-state index in [1.807, 2.05) is 43.3 Å². The number of carbonyl (C=O) groups is 2. The van der Waals surface area contributed by atoms with Gasteiger partial charge in [-0.2, -0.15) is 4.37 Å². The molecule has 1 aromatic heterocycles. The largest absolute Gasteiger partial charge is 0.454 e. The first-order valence-corrected chi connectivity index (χ1v) is 13.3. The molecule has 0 bridgehead atoms. The number of aromatic nitrogens is 1. The van der Waals surface area contributed by atoms with E-state index in [1.54, 1.807) is 6.07 Å². The second kappa shape index (κ2) is 10.7. The SMILES string of the molecule is Cc1ccc(C(C(=O)NC2CCCC2)N(Cc2ccc3c(c2)OCO3)C(=O)c2nsc(Cl)c2Cl)cc1. The van der Waals surface area contributed by atoms with Crippen LogP contribution in [0.25, 0.3) is 0 Å². The smallest absolute Gasteiger partial charge is 0.276 e. The van der Waals surface area contributed by atoms with Gasteiger partial charge in [-0.1, -0.05) is 71.9 Å². The summed E-state index contributed by atoms with van der Waals surface area (Å²) in [7, 11) is 0. The normalized spacial score (nSPS) is 15.6. The Morgan fingerprint density at radius 3 is 2.53 bits per heavy atom. The predicted molar refractivity (Wildman–Crippen MR) is 139 cm³/mol. The molecule has 7 nitrogen and oxygen atoms in total. The average molecular weight is 546 g/mol. The minimum absolute atomic E-state index is 0.0261. The molecule has 2 aliphatic rings. The molecular weight excluding hydrogens is 521 g/mol. The summed E-state index contributed by atoms with van der Waals surface area (Å²) in [6, 6.07) is 12.3. The third-order valence-corrected chi connectivity index (χ3v) is 8.12. The molecule has 0 radical (unpaired) electrons. The maximum absolute atomic E-state index is 13.9. The third kappa shape index (κ3) is 5.16.